The lowest BCUT2D eigenvalue weighted by atomic mass is 9.79. The van der Waals surface area contributed by atoms with Crippen LogP contribution in [0.15, 0.2) is 60.9 Å². The third-order valence-corrected chi connectivity index (χ3v) is 7.70. The van der Waals surface area contributed by atoms with Gasteiger partial charge in [0.25, 0.3) is 5.91 Å². The molecule has 0 aliphatic carbocycles. The van der Waals surface area contributed by atoms with E-state index < -0.39 is 22.9 Å². The quantitative estimate of drug-likeness (QED) is 0.197. The molecule has 3 aromatic heterocycles. The number of carboxylic acid groups (broad SMARTS) is 1. The van der Waals surface area contributed by atoms with Gasteiger partial charge in [-0.3, -0.25) is 9.59 Å². The number of aromatic nitrogens is 2. The molecule has 8 heteroatoms. The summed E-state index contributed by atoms with van der Waals surface area (Å²) in [7, 11) is 1.57. The number of carbonyl (C=O) groups excluding carboxylic acids is 1. The topological polar surface area (TPSA) is 113 Å². The van der Waals surface area contributed by atoms with Crippen molar-refractivity contribution in [2.45, 2.75) is 66.9 Å². The van der Waals surface area contributed by atoms with E-state index >= 15 is 0 Å². The van der Waals surface area contributed by atoms with Gasteiger partial charge in [-0.2, -0.15) is 0 Å². The van der Waals surface area contributed by atoms with E-state index in [-0.39, 0.29) is 18.2 Å². The Morgan fingerprint density at radius 2 is 1.64 bits per heavy atom. The van der Waals surface area contributed by atoms with Crippen molar-refractivity contribution in [2.24, 2.45) is 10.8 Å². The number of nitrogens with zero attached hydrogens (tertiary/aromatic N) is 2. The van der Waals surface area contributed by atoms with Crippen molar-refractivity contribution in [3.63, 3.8) is 0 Å². The minimum atomic E-state index is -1.18. The normalized spacial score (nSPS) is 12.9. The number of carbonyl (C=O) groups is 2. The number of aliphatic carboxylic acids is 1. The lowest BCUT2D eigenvalue weighted by molar-refractivity contribution is -0.146. The highest BCUT2D eigenvalue weighted by atomic mass is 16.5. The van der Waals surface area contributed by atoms with Gasteiger partial charge in [0.05, 0.1) is 24.1 Å². The first-order chi connectivity index (χ1) is 19.6. The van der Waals surface area contributed by atoms with Crippen molar-refractivity contribution < 1.29 is 24.5 Å². The first-order valence-corrected chi connectivity index (χ1v) is 14.1. The first kappa shape index (κ1) is 30.8. The van der Waals surface area contributed by atoms with Crippen molar-refractivity contribution in [3.05, 3.63) is 83.3 Å². The number of amides is 1. The van der Waals surface area contributed by atoms with Gasteiger partial charge in [0, 0.05) is 35.3 Å². The number of hydrogen-bond acceptors (Lipinski definition) is 5. The van der Waals surface area contributed by atoms with Crippen molar-refractivity contribution in [3.8, 4) is 17.0 Å². The summed E-state index contributed by atoms with van der Waals surface area (Å²) in [6.45, 7) is 13.2. The number of anilines is 1. The second kappa shape index (κ2) is 11.6. The fraction of sp³-hybridized carbons (Fsp3) is 0.382. The standard InChI is InChI=1S/C34H41N3O5/c1-20(2)22-15-16-37-26(17-22)28(30(38)33(3,4)5)25(18-34(6,7)32(40)41)29(37)31(39)36-24-12-9-21(10-13-24)23-11-14-27(42-8)35-19-23/h9-17,19-20,30,38H,18H2,1-8H3,(H,36,39)(H,40,41). The zero-order chi connectivity index (χ0) is 31.0. The molecule has 3 heterocycles. The Morgan fingerprint density at radius 3 is 2.17 bits per heavy atom. The second-order valence-electron chi connectivity index (χ2n) is 12.9. The van der Waals surface area contributed by atoms with Crippen LogP contribution in [0, 0.1) is 10.8 Å². The summed E-state index contributed by atoms with van der Waals surface area (Å²) in [4.78, 5) is 30.5. The lowest BCUT2D eigenvalue weighted by Gasteiger charge is -2.28. The molecule has 0 aliphatic heterocycles. The Balaban J connectivity index is 1.83. The van der Waals surface area contributed by atoms with Gasteiger partial charge < -0.3 is 24.7 Å². The SMILES string of the molecule is COc1ccc(-c2ccc(NC(=O)c3c(CC(C)(C)C(=O)O)c(C(O)C(C)(C)C)c4cc(C(C)C)ccn34)cc2)cn1. The summed E-state index contributed by atoms with van der Waals surface area (Å²) in [5.74, 6) is -0.614. The summed E-state index contributed by atoms with van der Waals surface area (Å²) in [6.07, 6.45) is 2.70. The second-order valence-corrected chi connectivity index (χ2v) is 12.9. The third kappa shape index (κ3) is 6.19. The van der Waals surface area contributed by atoms with Crippen molar-refractivity contribution in [1.82, 2.24) is 9.38 Å². The van der Waals surface area contributed by atoms with Gasteiger partial charge in [0.15, 0.2) is 0 Å². The summed E-state index contributed by atoms with van der Waals surface area (Å²) in [6, 6.07) is 15.1. The molecule has 0 fully saturated rings. The Labute approximate surface area is 247 Å². The van der Waals surface area contributed by atoms with Gasteiger partial charge >= 0.3 is 5.97 Å². The Morgan fingerprint density at radius 1 is 1.00 bits per heavy atom. The van der Waals surface area contributed by atoms with Gasteiger partial charge in [-0.05, 0) is 78.6 Å². The van der Waals surface area contributed by atoms with Crippen LogP contribution in [0.25, 0.3) is 16.6 Å². The van der Waals surface area contributed by atoms with E-state index in [9.17, 15) is 19.8 Å². The summed E-state index contributed by atoms with van der Waals surface area (Å²) >= 11 is 0. The summed E-state index contributed by atoms with van der Waals surface area (Å²) in [5, 5.41) is 24.7. The molecule has 222 valence electrons. The molecule has 1 atom stereocenters. The predicted octanol–water partition coefficient (Wildman–Crippen LogP) is 7.12. The number of rotatable bonds is 9. The molecule has 1 amide bonds. The van der Waals surface area contributed by atoms with E-state index in [1.54, 1.807) is 37.6 Å². The van der Waals surface area contributed by atoms with E-state index in [2.05, 4.69) is 24.1 Å². The van der Waals surface area contributed by atoms with Gasteiger partial charge in [-0.15, -0.1) is 0 Å². The van der Waals surface area contributed by atoms with Crippen LogP contribution in [0.5, 0.6) is 5.88 Å². The number of ether oxygens (including phenoxy) is 1. The van der Waals surface area contributed by atoms with Crippen LogP contribution in [0.3, 0.4) is 0 Å². The molecule has 4 aromatic rings. The van der Waals surface area contributed by atoms with Gasteiger partial charge in [0.1, 0.15) is 5.69 Å². The maximum Gasteiger partial charge on any atom is 0.309 e. The highest BCUT2D eigenvalue weighted by molar-refractivity contribution is 6.06. The van der Waals surface area contributed by atoms with E-state index in [1.807, 2.05) is 69.4 Å². The van der Waals surface area contributed by atoms with Crippen molar-refractivity contribution in [1.29, 1.82) is 0 Å². The highest BCUT2D eigenvalue weighted by Gasteiger charge is 2.37. The lowest BCUT2D eigenvalue weighted by Crippen LogP contribution is -2.29. The molecule has 0 spiro atoms. The smallest absolute Gasteiger partial charge is 0.309 e. The van der Waals surface area contributed by atoms with Crippen LogP contribution >= 0.6 is 0 Å². The predicted molar refractivity (Wildman–Crippen MR) is 165 cm³/mol. The van der Waals surface area contributed by atoms with Crippen LogP contribution in [-0.4, -0.2) is 38.6 Å². The number of fused-ring (bicyclic) bond motifs is 1. The molecule has 0 bridgehead atoms. The number of methoxy groups -OCH3 is 1. The zero-order valence-electron chi connectivity index (χ0n) is 25.6. The first-order valence-electron chi connectivity index (χ1n) is 14.1. The monoisotopic (exact) mass is 571 g/mol. The van der Waals surface area contributed by atoms with Crippen molar-refractivity contribution in [2.75, 3.05) is 12.4 Å². The van der Waals surface area contributed by atoms with Crippen LogP contribution in [0.4, 0.5) is 5.69 Å². The maximum atomic E-state index is 14.0. The van der Waals surface area contributed by atoms with E-state index in [4.69, 9.17) is 4.74 Å². The molecule has 3 N–H and O–H groups in total. The van der Waals surface area contributed by atoms with Crippen LogP contribution in [-0.2, 0) is 11.2 Å². The number of aliphatic hydroxyl groups is 1. The number of benzene rings is 1. The Hall–Kier alpha value is -4.17. The average Bonchev–Trinajstić information content (AvgIpc) is 3.24. The largest absolute Gasteiger partial charge is 0.481 e. The van der Waals surface area contributed by atoms with Gasteiger partial charge in [0.2, 0.25) is 5.88 Å². The number of carboxylic acids is 1. The fourth-order valence-electron chi connectivity index (χ4n) is 4.99. The molecule has 0 saturated heterocycles. The molecule has 42 heavy (non-hydrogen) atoms. The Kier molecular flexibility index (Phi) is 8.51. The molecule has 1 unspecified atom stereocenters. The number of pyridine rings is 2. The molecule has 0 radical (unpaired) electrons. The zero-order valence-corrected chi connectivity index (χ0v) is 25.6. The minimum absolute atomic E-state index is 0.0651. The summed E-state index contributed by atoms with van der Waals surface area (Å²) < 4.78 is 6.93. The van der Waals surface area contributed by atoms with E-state index in [0.29, 0.717) is 33.9 Å². The van der Waals surface area contributed by atoms with Crippen LogP contribution in [0.2, 0.25) is 0 Å². The number of aliphatic hydroxyl groups excluding tert-OH is 1. The molecule has 1 aromatic carbocycles. The molecular formula is C34H41N3O5. The van der Waals surface area contributed by atoms with E-state index in [0.717, 1.165) is 16.7 Å². The number of hydrogen-bond donors (Lipinski definition) is 3. The maximum absolute atomic E-state index is 14.0. The fourth-order valence-corrected chi connectivity index (χ4v) is 4.99. The van der Waals surface area contributed by atoms with Gasteiger partial charge in [-0.1, -0.05) is 46.8 Å². The van der Waals surface area contributed by atoms with Crippen LogP contribution in [0.1, 0.15) is 87.7 Å². The average molecular weight is 572 g/mol. The van der Waals surface area contributed by atoms with Crippen molar-refractivity contribution >= 4 is 23.1 Å². The highest BCUT2D eigenvalue weighted by Crippen LogP contribution is 2.42. The molecule has 4 rings (SSSR count). The molecule has 8 nitrogen and oxygen atoms in total. The summed E-state index contributed by atoms with van der Waals surface area (Å²) in [5.41, 5.74) is 3.88. The third-order valence-electron chi connectivity index (χ3n) is 7.70. The van der Waals surface area contributed by atoms with Crippen LogP contribution < -0.4 is 10.1 Å². The minimum Gasteiger partial charge on any atom is -0.481 e. The van der Waals surface area contributed by atoms with E-state index in [1.165, 1.54) is 0 Å². The molecule has 0 aliphatic rings. The van der Waals surface area contributed by atoms with Gasteiger partial charge in [-0.25, -0.2) is 4.98 Å². The number of nitrogens with one attached hydrogen (secondary N) is 1. The molecular weight excluding hydrogens is 530 g/mol. The molecule has 0 saturated carbocycles. The Bertz CT molecular complexity index is 1590.